The fourth-order valence-corrected chi connectivity index (χ4v) is 4.22. The van der Waals surface area contributed by atoms with E-state index >= 15 is 0 Å². The second kappa shape index (κ2) is 9.46. The molecule has 32 heavy (non-hydrogen) atoms. The summed E-state index contributed by atoms with van der Waals surface area (Å²) >= 11 is 7.38. The van der Waals surface area contributed by atoms with Crippen LogP contribution in [0.25, 0.3) is 6.08 Å². The number of thioether (sulfide) groups is 1. The van der Waals surface area contributed by atoms with Crippen LogP contribution >= 0.6 is 23.4 Å². The van der Waals surface area contributed by atoms with Crippen molar-refractivity contribution in [2.75, 3.05) is 0 Å². The Balaban J connectivity index is 1.51. The molecule has 0 aliphatic carbocycles. The largest absolute Gasteiger partial charge is 0.450 e. The van der Waals surface area contributed by atoms with Gasteiger partial charge < -0.3 is 4.42 Å². The maximum atomic E-state index is 13.0. The quantitative estimate of drug-likeness (QED) is 0.297. The lowest BCUT2D eigenvalue weighted by molar-refractivity contribution is -0.131. The first-order valence-electron chi connectivity index (χ1n) is 9.85. The highest BCUT2D eigenvalue weighted by Crippen LogP contribution is 2.28. The van der Waals surface area contributed by atoms with Gasteiger partial charge in [0.1, 0.15) is 11.3 Å². The molecule has 1 aliphatic heterocycles. The van der Waals surface area contributed by atoms with E-state index in [1.807, 2.05) is 54.6 Å². The number of barbiturate groups is 1. The molecular weight excluding hydrogens is 448 g/mol. The van der Waals surface area contributed by atoms with E-state index in [9.17, 15) is 14.4 Å². The van der Waals surface area contributed by atoms with Gasteiger partial charge in [0.05, 0.1) is 6.04 Å². The van der Waals surface area contributed by atoms with Gasteiger partial charge in [-0.2, -0.15) is 0 Å². The van der Waals surface area contributed by atoms with Crippen molar-refractivity contribution in [1.82, 2.24) is 10.2 Å². The number of imide groups is 2. The Kier molecular flexibility index (Phi) is 6.48. The van der Waals surface area contributed by atoms with Crippen molar-refractivity contribution in [2.24, 2.45) is 0 Å². The Labute approximate surface area is 194 Å². The summed E-state index contributed by atoms with van der Waals surface area (Å²) in [6.07, 6.45) is 1.36. The minimum atomic E-state index is -0.747. The van der Waals surface area contributed by atoms with E-state index in [0.29, 0.717) is 21.6 Å². The monoisotopic (exact) mass is 466 g/mol. The van der Waals surface area contributed by atoms with Crippen LogP contribution in [0.15, 0.2) is 81.8 Å². The van der Waals surface area contributed by atoms with Crippen molar-refractivity contribution < 1.29 is 18.8 Å². The van der Waals surface area contributed by atoms with Crippen molar-refractivity contribution >= 4 is 47.3 Å². The zero-order valence-corrected chi connectivity index (χ0v) is 18.7. The molecule has 0 spiro atoms. The first-order chi connectivity index (χ1) is 15.4. The van der Waals surface area contributed by atoms with Crippen molar-refractivity contribution in [2.45, 2.75) is 23.8 Å². The Hall–Kier alpha value is -3.29. The lowest BCUT2D eigenvalue weighted by atomic mass is 10.0. The van der Waals surface area contributed by atoms with Gasteiger partial charge >= 0.3 is 6.03 Å². The standard InChI is InChI=1S/C24H19ClN2O4S/c1-15(17-5-3-2-4-6-17)27-23(29)20(22(28)26-24(27)30)13-19-11-12-21(31-19)32-14-16-7-9-18(25)10-8-16/h2-13,15H,14H2,1H3,(H,26,28,30)/b20-13-/t15-/m1/s1. The molecule has 8 heteroatoms. The first kappa shape index (κ1) is 21.9. The molecule has 3 aromatic rings. The molecule has 2 heterocycles. The van der Waals surface area contributed by atoms with Gasteiger partial charge in [-0.25, -0.2) is 4.79 Å². The van der Waals surface area contributed by atoms with Crippen molar-refractivity contribution in [3.8, 4) is 0 Å². The molecule has 1 saturated heterocycles. The number of urea groups is 1. The summed E-state index contributed by atoms with van der Waals surface area (Å²) in [5, 5.41) is 3.56. The van der Waals surface area contributed by atoms with Gasteiger partial charge in [0, 0.05) is 10.8 Å². The molecular formula is C24H19ClN2O4S. The Bertz CT molecular complexity index is 1190. The summed E-state index contributed by atoms with van der Waals surface area (Å²) in [6.45, 7) is 1.73. The molecule has 1 fully saturated rings. The zero-order valence-electron chi connectivity index (χ0n) is 17.1. The van der Waals surface area contributed by atoms with E-state index in [1.165, 1.54) is 17.8 Å². The Morgan fingerprint density at radius 2 is 1.75 bits per heavy atom. The maximum Gasteiger partial charge on any atom is 0.331 e. The van der Waals surface area contributed by atoms with Crippen LogP contribution in [0, 0.1) is 0 Å². The van der Waals surface area contributed by atoms with Gasteiger partial charge in [0.25, 0.3) is 11.8 Å². The van der Waals surface area contributed by atoms with Gasteiger partial charge in [0.2, 0.25) is 0 Å². The number of halogens is 1. The summed E-state index contributed by atoms with van der Waals surface area (Å²) in [4.78, 5) is 38.8. The van der Waals surface area contributed by atoms with Crippen LogP contribution < -0.4 is 5.32 Å². The summed E-state index contributed by atoms with van der Waals surface area (Å²) in [6, 6.07) is 18.8. The lowest BCUT2D eigenvalue weighted by Gasteiger charge is -2.31. The van der Waals surface area contributed by atoms with E-state index in [-0.39, 0.29) is 5.57 Å². The SMILES string of the molecule is C[C@H](c1ccccc1)N1C(=O)NC(=O)/C(=C/c2ccc(SCc3ccc(Cl)cc3)o2)C1=O. The minimum absolute atomic E-state index is 0.156. The van der Waals surface area contributed by atoms with Crippen LogP contribution in [0.1, 0.15) is 29.9 Å². The van der Waals surface area contributed by atoms with E-state index in [0.717, 1.165) is 16.0 Å². The van der Waals surface area contributed by atoms with Crippen LogP contribution in [0.5, 0.6) is 0 Å². The molecule has 0 radical (unpaired) electrons. The number of furan rings is 1. The Morgan fingerprint density at radius 3 is 2.47 bits per heavy atom. The topological polar surface area (TPSA) is 79.6 Å². The Morgan fingerprint density at radius 1 is 1.03 bits per heavy atom. The van der Waals surface area contributed by atoms with Crippen molar-refractivity contribution in [3.05, 3.63) is 94.2 Å². The summed E-state index contributed by atoms with van der Waals surface area (Å²) < 4.78 is 5.76. The molecule has 1 atom stereocenters. The van der Waals surface area contributed by atoms with Crippen LogP contribution in [0.2, 0.25) is 5.02 Å². The molecule has 1 aliphatic rings. The second-order valence-corrected chi connectivity index (χ2v) is 8.57. The first-order valence-corrected chi connectivity index (χ1v) is 11.2. The third-order valence-electron chi connectivity index (χ3n) is 4.99. The molecule has 0 bridgehead atoms. The van der Waals surface area contributed by atoms with E-state index in [2.05, 4.69) is 5.32 Å². The fourth-order valence-electron chi connectivity index (χ4n) is 3.27. The number of amides is 4. The zero-order chi connectivity index (χ0) is 22.7. The number of nitrogens with zero attached hydrogens (tertiary/aromatic N) is 1. The molecule has 4 rings (SSSR count). The highest BCUT2D eigenvalue weighted by molar-refractivity contribution is 7.98. The summed E-state index contributed by atoms with van der Waals surface area (Å²) in [7, 11) is 0. The predicted octanol–water partition coefficient (Wildman–Crippen LogP) is 5.45. The highest BCUT2D eigenvalue weighted by Gasteiger charge is 2.39. The van der Waals surface area contributed by atoms with Crippen LogP contribution in [-0.4, -0.2) is 22.7 Å². The van der Waals surface area contributed by atoms with Crippen LogP contribution in [-0.2, 0) is 15.3 Å². The van der Waals surface area contributed by atoms with Crippen LogP contribution in [0.3, 0.4) is 0 Å². The molecule has 162 valence electrons. The predicted molar refractivity (Wildman–Crippen MR) is 123 cm³/mol. The van der Waals surface area contributed by atoms with Crippen molar-refractivity contribution in [1.29, 1.82) is 0 Å². The molecule has 4 amide bonds. The molecule has 1 N–H and O–H groups in total. The van der Waals surface area contributed by atoms with Gasteiger partial charge in [0.15, 0.2) is 5.09 Å². The van der Waals surface area contributed by atoms with Crippen LogP contribution in [0.4, 0.5) is 4.79 Å². The number of hydrogen-bond donors (Lipinski definition) is 1. The molecule has 0 saturated carbocycles. The number of nitrogens with one attached hydrogen (secondary N) is 1. The maximum absolute atomic E-state index is 13.0. The number of carbonyl (C=O) groups excluding carboxylic acids is 3. The smallest absolute Gasteiger partial charge is 0.331 e. The second-order valence-electron chi connectivity index (χ2n) is 7.15. The van der Waals surface area contributed by atoms with E-state index in [4.69, 9.17) is 16.0 Å². The fraction of sp³-hybridized carbons (Fsp3) is 0.125. The number of rotatable bonds is 6. The van der Waals surface area contributed by atoms with Gasteiger partial charge in [-0.3, -0.25) is 19.8 Å². The number of hydrogen-bond acceptors (Lipinski definition) is 5. The van der Waals surface area contributed by atoms with Gasteiger partial charge in [-0.05, 0) is 48.4 Å². The third-order valence-corrected chi connectivity index (χ3v) is 6.22. The molecule has 6 nitrogen and oxygen atoms in total. The molecule has 1 aromatic heterocycles. The molecule has 0 unspecified atom stereocenters. The average molecular weight is 467 g/mol. The number of benzene rings is 2. The lowest BCUT2D eigenvalue weighted by Crippen LogP contribution is -2.54. The third kappa shape index (κ3) is 4.79. The van der Waals surface area contributed by atoms with E-state index < -0.39 is 23.9 Å². The summed E-state index contributed by atoms with van der Waals surface area (Å²) in [5.41, 5.74) is 1.71. The molecule has 2 aromatic carbocycles. The highest BCUT2D eigenvalue weighted by atomic mass is 35.5. The summed E-state index contributed by atoms with van der Waals surface area (Å²) in [5.74, 6) is -0.384. The number of carbonyl (C=O) groups is 3. The van der Waals surface area contributed by atoms with Crippen molar-refractivity contribution in [3.63, 3.8) is 0 Å². The van der Waals surface area contributed by atoms with Gasteiger partial charge in [-0.1, -0.05) is 65.8 Å². The average Bonchev–Trinajstić information content (AvgIpc) is 3.24. The van der Waals surface area contributed by atoms with E-state index in [1.54, 1.807) is 19.1 Å². The van der Waals surface area contributed by atoms with Gasteiger partial charge in [-0.15, -0.1) is 0 Å². The minimum Gasteiger partial charge on any atom is -0.450 e. The normalized spacial score (nSPS) is 16.4.